The van der Waals surface area contributed by atoms with E-state index in [0.29, 0.717) is 13.2 Å². The first-order valence-corrected chi connectivity index (χ1v) is 11.8. The van der Waals surface area contributed by atoms with Gasteiger partial charge in [-0.25, -0.2) is 0 Å². The first kappa shape index (κ1) is 13.9. The second-order valence-electron chi connectivity index (χ2n) is 5.16. The van der Waals surface area contributed by atoms with Crippen molar-refractivity contribution in [3.05, 3.63) is 0 Å². The summed E-state index contributed by atoms with van der Waals surface area (Å²) in [6, 6.07) is 0. The molecule has 0 aliphatic heterocycles. The van der Waals surface area contributed by atoms with Crippen molar-refractivity contribution in [1.82, 2.24) is 0 Å². The third-order valence-electron chi connectivity index (χ3n) is 1.28. The standard InChI is InChI=1S/C10H22O2Si2/c1-13(2,3)11-9-7-8-10-12-14(4,5)6/h9-10H2,1-6H3. The Morgan fingerprint density at radius 3 is 1.21 bits per heavy atom. The summed E-state index contributed by atoms with van der Waals surface area (Å²) in [6.45, 7) is 14.1. The van der Waals surface area contributed by atoms with Crippen LogP contribution in [0.2, 0.25) is 39.3 Å². The van der Waals surface area contributed by atoms with Gasteiger partial charge in [-0.3, -0.25) is 0 Å². The minimum absolute atomic E-state index is 0.546. The van der Waals surface area contributed by atoms with Gasteiger partial charge < -0.3 is 8.85 Å². The summed E-state index contributed by atoms with van der Waals surface area (Å²) in [5.74, 6) is 5.95. The van der Waals surface area contributed by atoms with Crippen LogP contribution in [0.5, 0.6) is 0 Å². The van der Waals surface area contributed by atoms with Crippen LogP contribution in [-0.4, -0.2) is 29.8 Å². The maximum Gasteiger partial charge on any atom is 0.185 e. The molecule has 0 heterocycles. The lowest BCUT2D eigenvalue weighted by Gasteiger charge is -2.15. The molecule has 0 saturated carbocycles. The first-order chi connectivity index (χ1) is 6.21. The fraction of sp³-hybridized carbons (Fsp3) is 0.800. The molecule has 82 valence electrons. The van der Waals surface area contributed by atoms with E-state index in [9.17, 15) is 0 Å². The average Bonchev–Trinajstić information content (AvgIpc) is 1.92. The van der Waals surface area contributed by atoms with Crippen LogP contribution in [0.15, 0.2) is 0 Å². The monoisotopic (exact) mass is 230 g/mol. The average molecular weight is 230 g/mol. The maximum atomic E-state index is 5.58. The van der Waals surface area contributed by atoms with E-state index >= 15 is 0 Å². The van der Waals surface area contributed by atoms with Crippen molar-refractivity contribution < 1.29 is 8.85 Å². The molecule has 14 heavy (non-hydrogen) atoms. The van der Waals surface area contributed by atoms with E-state index in [2.05, 4.69) is 51.1 Å². The maximum absolute atomic E-state index is 5.58. The molecule has 0 unspecified atom stereocenters. The molecule has 0 aromatic rings. The van der Waals surface area contributed by atoms with Crippen molar-refractivity contribution in [2.24, 2.45) is 0 Å². The Morgan fingerprint density at radius 1 is 0.714 bits per heavy atom. The van der Waals surface area contributed by atoms with Crippen LogP contribution in [0, 0.1) is 11.8 Å². The van der Waals surface area contributed by atoms with Crippen molar-refractivity contribution >= 4 is 16.6 Å². The summed E-state index contributed by atoms with van der Waals surface area (Å²) in [4.78, 5) is 0. The van der Waals surface area contributed by atoms with Crippen LogP contribution in [0.25, 0.3) is 0 Å². The lowest BCUT2D eigenvalue weighted by atomic mass is 10.6. The summed E-state index contributed by atoms with van der Waals surface area (Å²) in [5, 5.41) is 0. The Bertz CT molecular complexity index is 193. The predicted molar refractivity (Wildman–Crippen MR) is 66.4 cm³/mol. The minimum Gasteiger partial charge on any atom is -0.407 e. The van der Waals surface area contributed by atoms with Crippen LogP contribution in [0.1, 0.15) is 0 Å². The molecule has 0 aromatic carbocycles. The Morgan fingerprint density at radius 2 is 1.00 bits per heavy atom. The van der Waals surface area contributed by atoms with Gasteiger partial charge in [0.25, 0.3) is 0 Å². The summed E-state index contributed by atoms with van der Waals surface area (Å²) in [6.07, 6.45) is 0. The molecular weight excluding hydrogens is 208 g/mol. The van der Waals surface area contributed by atoms with Gasteiger partial charge in [0.15, 0.2) is 16.6 Å². The largest absolute Gasteiger partial charge is 0.407 e. The quantitative estimate of drug-likeness (QED) is 0.546. The number of rotatable bonds is 4. The highest BCUT2D eigenvalue weighted by Gasteiger charge is 2.13. The molecule has 0 aliphatic rings. The van der Waals surface area contributed by atoms with Gasteiger partial charge in [0.05, 0.1) is 13.2 Å². The third-order valence-corrected chi connectivity index (χ3v) is 3.30. The molecular formula is C10H22O2Si2. The molecule has 0 bridgehead atoms. The number of hydrogen-bond acceptors (Lipinski definition) is 2. The summed E-state index contributed by atoms with van der Waals surface area (Å²) in [5.41, 5.74) is 0. The second kappa shape index (κ2) is 5.71. The Hall–Kier alpha value is -0.0862. The summed E-state index contributed by atoms with van der Waals surface area (Å²) < 4.78 is 11.2. The third kappa shape index (κ3) is 11.9. The van der Waals surface area contributed by atoms with Gasteiger partial charge in [0, 0.05) is 0 Å². The fourth-order valence-corrected chi connectivity index (χ4v) is 1.62. The molecule has 0 atom stereocenters. The summed E-state index contributed by atoms with van der Waals surface area (Å²) in [7, 11) is -2.78. The van der Waals surface area contributed by atoms with Gasteiger partial charge in [-0.15, -0.1) is 0 Å². The van der Waals surface area contributed by atoms with Gasteiger partial charge in [0.2, 0.25) is 0 Å². The smallest absolute Gasteiger partial charge is 0.185 e. The van der Waals surface area contributed by atoms with Crippen molar-refractivity contribution in [2.45, 2.75) is 39.3 Å². The predicted octanol–water partition coefficient (Wildman–Crippen LogP) is 2.69. The van der Waals surface area contributed by atoms with Crippen molar-refractivity contribution in [3.63, 3.8) is 0 Å². The zero-order valence-corrected chi connectivity index (χ0v) is 12.2. The SMILES string of the molecule is C[Si](C)(C)OCC#CCO[Si](C)(C)C. The molecule has 0 N–H and O–H groups in total. The minimum atomic E-state index is -1.39. The normalized spacial score (nSPS) is 12.1. The fourth-order valence-electron chi connectivity index (χ4n) is 0.607. The van der Waals surface area contributed by atoms with Gasteiger partial charge in [-0.1, -0.05) is 11.8 Å². The lowest BCUT2D eigenvalue weighted by molar-refractivity contribution is 0.356. The van der Waals surface area contributed by atoms with Crippen LogP contribution >= 0.6 is 0 Å². The molecule has 0 aliphatic carbocycles. The van der Waals surface area contributed by atoms with Crippen LogP contribution in [-0.2, 0) is 8.85 Å². The first-order valence-electron chi connectivity index (χ1n) is 4.94. The van der Waals surface area contributed by atoms with E-state index in [1.165, 1.54) is 0 Å². The Balaban J connectivity index is 3.56. The molecule has 0 aromatic heterocycles. The highest BCUT2D eigenvalue weighted by molar-refractivity contribution is 6.70. The van der Waals surface area contributed by atoms with Gasteiger partial charge >= 0.3 is 0 Å². The number of hydrogen-bond donors (Lipinski definition) is 0. The summed E-state index contributed by atoms with van der Waals surface area (Å²) >= 11 is 0. The van der Waals surface area contributed by atoms with Gasteiger partial charge in [0.1, 0.15) is 0 Å². The molecule has 0 fully saturated rings. The molecule has 0 radical (unpaired) electrons. The van der Waals surface area contributed by atoms with Crippen molar-refractivity contribution in [2.75, 3.05) is 13.2 Å². The van der Waals surface area contributed by atoms with E-state index in [1.807, 2.05) is 0 Å². The van der Waals surface area contributed by atoms with Crippen LogP contribution in [0.3, 0.4) is 0 Å². The van der Waals surface area contributed by atoms with E-state index < -0.39 is 16.6 Å². The van der Waals surface area contributed by atoms with E-state index in [4.69, 9.17) is 8.85 Å². The highest BCUT2D eigenvalue weighted by Crippen LogP contribution is 2.01. The molecule has 2 nitrogen and oxygen atoms in total. The Kier molecular flexibility index (Phi) is 5.68. The Labute approximate surface area is 90.3 Å². The molecule has 0 rings (SSSR count). The zero-order valence-electron chi connectivity index (χ0n) is 10.2. The van der Waals surface area contributed by atoms with Crippen LogP contribution < -0.4 is 0 Å². The van der Waals surface area contributed by atoms with Crippen molar-refractivity contribution in [3.8, 4) is 11.8 Å². The van der Waals surface area contributed by atoms with E-state index in [-0.39, 0.29) is 0 Å². The van der Waals surface area contributed by atoms with E-state index in [0.717, 1.165) is 0 Å². The second-order valence-corrected chi connectivity index (χ2v) is 14.2. The van der Waals surface area contributed by atoms with E-state index in [1.54, 1.807) is 0 Å². The molecule has 4 heteroatoms. The van der Waals surface area contributed by atoms with Gasteiger partial charge in [-0.05, 0) is 39.3 Å². The topological polar surface area (TPSA) is 18.5 Å². The molecule has 0 spiro atoms. The lowest BCUT2D eigenvalue weighted by Crippen LogP contribution is -2.26. The van der Waals surface area contributed by atoms with Crippen LogP contribution in [0.4, 0.5) is 0 Å². The zero-order chi connectivity index (χ0) is 11.2. The molecule has 0 saturated heterocycles. The highest BCUT2D eigenvalue weighted by atomic mass is 28.4. The molecule has 0 amide bonds. The van der Waals surface area contributed by atoms with Crippen molar-refractivity contribution in [1.29, 1.82) is 0 Å². The van der Waals surface area contributed by atoms with Gasteiger partial charge in [-0.2, -0.15) is 0 Å².